The number of hydrogen-bond donors (Lipinski definition) is 1. The minimum absolute atomic E-state index is 0. The van der Waals surface area contributed by atoms with Gasteiger partial charge in [0.15, 0.2) is 5.17 Å². The molecule has 0 aromatic heterocycles. The van der Waals surface area contributed by atoms with Crippen molar-refractivity contribution in [3.63, 3.8) is 0 Å². The molecule has 4 heteroatoms. The maximum absolute atomic E-state index is 5.51. The number of rotatable bonds is 4. The summed E-state index contributed by atoms with van der Waals surface area (Å²) in [7, 11) is 0. The summed E-state index contributed by atoms with van der Waals surface area (Å²) in [5.41, 5.74) is 5.51. The maximum atomic E-state index is 5.51. The van der Waals surface area contributed by atoms with Gasteiger partial charge >= 0.3 is 0 Å². The van der Waals surface area contributed by atoms with E-state index in [1.54, 1.807) is 0 Å². The standard InChI is InChI=1S/C7H14N2S.ClH/c1-3-5-9-7(8)10-6-4-2;/h4H,2-3,5-6H2,1H3,(H2,8,9);1H. The van der Waals surface area contributed by atoms with Crippen LogP contribution in [0.1, 0.15) is 13.3 Å². The van der Waals surface area contributed by atoms with Gasteiger partial charge in [-0.05, 0) is 6.42 Å². The van der Waals surface area contributed by atoms with Crippen molar-refractivity contribution in [1.29, 1.82) is 0 Å². The lowest BCUT2D eigenvalue weighted by molar-refractivity contribution is 0.934. The summed E-state index contributed by atoms with van der Waals surface area (Å²) in [5.74, 6) is 0.846. The highest BCUT2D eigenvalue weighted by Gasteiger charge is 1.87. The molecular weight excluding hydrogens is 180 g/mol. The Bertz CT molecular complexity index is 126. The van der Waals surface area contributed by atoms with Crippen molar-refractivity contribution in [2.75, 3.05) is 12.3 Å². The first-order chi connectivity index (χ1) is 4.81. The lowest BCUT2D eigenvalue weighted by Crippen LogP contribution is -2.07. The molecule has 0 aromatic carbocycles. The van der Waals surface area contributed by atoms with Crippen LogP contribution in [0.5, 0.6) is 0 Å². The number of amidine groups is 1. The van der Waals surface area contributed by atoms with Gasteiger partial charge in [-0.25, -0.2) is 0 Å². The monoisotopic (exact) mass is 194 g/mol. The van der Waals surface area contributed by atoms with E-state index in [9.17, 15) is 0 Å². The SMILES string of the molecule is C=CCSC(N)=NCCC.Cl. The summed E-state index contributed by atoms with van der Waals surface area (Å²) in [6.45, 7) is 6.49. The van der Waals surface area contributed by atoms with Gasteiger partial charge in [0, 0.05) is 12.3 Å². The molecule has 0 aromatic rings. The number of nitrogens with zero attached hydrogens (tertiary/aromatic N) is 1. The summed E-state index contributed by atoms with van der Waals surface area (Å²) in [5, 5.41) is 0.668. The topological polar surface area (TPSA) is 38.4 Å². The maximum Gasteiger partial charge on any atom is 0.154 e. The Morgan fingerprint density at radius 1 is 1.73 bits per heavy atom. The Balaban J connectivity index is 0. The highest BCUT2D eigenvalue weighted by Crippen LogP contribution is 1.98. The molecule has 0 saturated carbocycles. The Hall–Kier alpha value is -0.150. The minimum atomic E-state index is 0. The predicted octanol–water partition coefficient (Wildman–Crippen LogP) is 2.05. The number of aliphatic imine (C=N–C) groups is 1. The molecule has 2 N–H and O–H groups in total. The van der Waals surface area contributed by atoms with Gasteiger partial charge in [-0.1, -0.05) is 24.8 Å². The average Bonchev–Trinajstić information content (AvgIpc) is 1.97. The fourth-order valence-corrected chi connectivity index (χ4v) is 0.883. The third-order valence-electron chi connectivity index (χ3n) is 0.840. The second-order valence-electron chi connectivity index (χ2n) is 1.82. The van der Waals surface area contributed by atoms with Crippen LogP contribution in [0.3, 0.4) is 0 Å². The van der Waals surface area contributed by atoms with E-state index in [-0.39, 0.29) is 12.4 Å². The van der Waals surface area contributed by atoms with Crippen LogP contribution in [-0.4, -0.2) is 17.5 Å². The highest BCUT2D eigenvalue weighted by atomic mass is 35.5. The van der Waals surface area contributed by atoms with Crippen LogP contribution in [0.15, 0.2) is 17.6 Å². The smallest absolute Gasteiger partial charge is 0.154 e. The van der Waals surface area contributed by atoms with Crippen LogP contribution in [0.2, 0.25) is 0 Å². The summed E-state index contributed by atoms with van der Waals surface area (Å²) in [6.07, 6.45) is 2.87. The molecule has 0 bridgehead atoms. The minimum Gasteiger partial charge on any atom is -0.379 e. The largest absolute Gasteiger partial charge is 0.379 e. The molecule has 0 rings (SSSR count). The van der Waals surface area contributed by atoms with Gasteiger partial charge in [0.2, 0.25) is 0 Å². The van der Waals surface area contributed by atoms with Gasteiger partial charge in [0.1, 0.15) is 0 Å². The Labute approximate surface area is 78.8 Å². The van der Waals surface area contributed by atoms with E-state index in [1.807, 2.05) is 6.08 Å². The average molecular weight is 195 g/mol. The van der Waals surface area contributed by atoms with Crippen molar-refractivity contribution in [3.8, 4) is 0 Å². The van der Waals surface area contributed by atoms with Gasteiger partial charge in [0.05, 0.1) is 0 Å². The predicted molar refractivity (Wildman–Crippen MR) is 56.7 cm³/mol. The van der Waals surface area contributed by atoms with Crippen molar-refractivity contribution >= 4 is 29.3 Å². The van der Waals surface area contributed by atoms with Gasteiger partial charge in [-0.3, -0.25) is 4.99 Å². The second kappa shape index (κ2) is 9.85. The second-order valence-corrected chi connectivity index (χ2v) is 2.86. The zero-order valence-corrected chi connectivity index (χ0v) is 8.38. The van der Waals surface area contributed by atoms with E-state index in [0.29, 0.717) is 5.17 Å². The molecule has 11 heavy (non-hydrogen) atoms. The number of halogens is 1. The quantitative estimate of drug-likeness (QED) is 0.423. The summed E-state index contributed by atoms with van der Waals surface area (Å²) in [4.78, 5) is 4.09. The summed E-state index contributed by atoms with van der Waals surface area (Å²) in [6, 6.07) is 0. The van der Waals surface area contributed by atoms with Crippen LogP contribution < -0.4 is 5.73 Å². The summed E-state index contributed by atoms with van der Waals surface area (Å²) < 4.78 is 0. The van der Waals surface area contributed by atoms with Crippen molar-refractivity contribution in [3.05, 3.63) is 12.7 Å². The Morgan fingerprint density at radius 3 is 2.82 bits per heavy atom. The first-order valence-corrected chi connectivity index (χ1v) is 4.33. The van der Waals surface area contributed by atoms with Crippen LogP contribution >= 0.6 is 24.2 Å². The molecule has 0 spiro atoms. The van der Waals surface area contributed by atoms with Crippen LogP contribution in [-0.2, 0) is 0 Å². The molecule has 0 amide bonds. The van der Waals surface area contributed by atoms with E-state index < -0.39 is 0 Å². The van der Waals surface area contributed by atoms with Gasteiger partial charge in [-0.2, -0.15) is 0 Å². The van der Waals surface area contributed by atoms with Gasteiger partial charge in [-0.15, -0.1) is 19.0 Å². The first-order valence-electron chi connectivity index (χ1n) is 3.34. The Morgan fingerprint density at radius 2 is 2.36 bits per heavy atom. The number of thioether (sulfide) groups is 1. The molecule has 0 atom stereocenters. The third-order valence-corrected chi connectivity index (χ3v) is 1.67. The van der Waals surface area contributed by atoms with Gasteiger partial charge < -0.3 is 5.73 Å². The zero-order valence-electron chi connectivity index (χ0n) is 6.75. The number of nitrogens with two attached hydrogens (primary N) is 1. The van der Waals surface area contributed by atoms with Crippen molar-refractivity contribution in [2.24, 2.45) is 10.7 Å². The fraction of sp³-hybridized carbons (Fsp3) is 0.571. The lowest BCUT2D eigenvalue weighted by atomic mass is 10.5. The first kappa shape index (κ1) is 13.4. The van der Waals surface area contributed by atoms with E-state index in [1.165, 1.54) is 11.8 Å². The normalized spacial score (nSPS) is 10.5. The van der Waals surface area contributed by atoms with Crippen LogP contribution in [0, 0.1) is 0 Å². The molecule has 0 radical (unpaired) electrons. The van der Waals surface area contributed by atoms with Crippen LogP contribution in [0.25, 0.3) is 0 Å². The Kier molecular flexibility index (Phi) is 12.0. The molecule has 0 saturated heterocycles. The molecule has 0 aliphatic rings. The summed E-state index contributed by atoms with van der Waals surface area (Å²) >= 11 is 1.53. The molecule has 0 aliphatic carbocycles. The lowest BCUT2D eigenvalue weighted by Gasteiger charge is -1.94. The van der Waals surface area contributed by atoms with Crippen molar-refractivity contribution < 1.29 is 0 Å². The number of hydrogen-bond acceptors (Lipinski definition) is 2. The molecule has 0 aliphatic heterocycles. The molecule has 0 fully saturated rings. The fourth-order valence-electron chi connectivity index (χ4n) is 0.412. The van der Waals surface area contributed by atoms with Crippen molar-refractivity contribution in [2.45, 2.75) is 13.3 Å². The van der Waals surface area contributed by atoms with Crippen molar-refractivity contribution in [1.82, 2.24) is 0 Å². The molecule has 0 unspecified atom stereocenters. The molecule has 0 heterocycles. The van der Waals surface area contributed by atoms with E-state index in [2.05, 4.69) is 18.5 Å². The highest BCUT2D eigenvalue weighted by molar-refractivity contribution is 8.13. The van der Waals surface area contributed by atoms with Crippen LogP contribution in [0.4, 0.5) is 0 Å². The van der Waals surface area contributed by atoms with E-state index >= 15 is 0 Å². The zero-order chi connectivity index (χ0) is 7.82. The van der Waals surface area contributed by atoms with Gasteiger partial charge in [0.25, 0.3) is 0 Å². The molecular formula is C7H15ClN2S. The molecule has 2 nitrogen and oxygen atoms in total. The molecule has 66 valence electrons. The van der Waals surface area contributed by atoms with E-state index in [0.717, 1.165) is 18.7 Å². The van der Waals surface area contributed by atoms with E-state index in [4.69, 9.17) is 5.73 Å². The third kappa shape index (κ3) is 9.85.